The average Bonchev–Trinajstić information content (AvgIpc) is 2.23. The molecule has 1 heterocycles. The molecular weight excluding hydrogens is 224 g/mol. The molecule has 90 valence electrons. The first-order valence-corrected chi connectivity index (χ1v) is 5.65. The Hall–Kier alpha value is -0.840. The second-order valence-corrected chi connectivity index (χ2v) is 4.50. The van der Waals surface area contributed by atoms with Crippen molar-refractivity contribution >= 4 is 17.4 Å². The lowest BCUT2D eigenvalue weighted by molar-refractivity contribution is 0.368. The van der Waals surface area contributed by atoms with Gasteiger partial charge in [0.25, 0.3) is 0 Å². The van der Waals surface area contributed by atoms with Crippen molar-refractivity contribution in [2.45, 2.75) is 12.5 Å². The van der Waals surface area contributed by atoms with Gasteiger partial charge in [-0.3, -0.25) is 0 Å². The summed E-state index contributed by atoms with van der Waals surface area (Å²) in [7, 11) is 6.01. The van der Waals surface area contributed by atoms with Crippen LogP contribution in [0.4, 0.5) is 5.82 Å². The van der Waals surface area contributed by atoms with Crippen molar-refractivity contribution in [3.8, 4) is 0 Å². The molecule has 0 aliphatic rings. The number of nitrogens with zero attached hydrogens (tertiary/aromatic N) is 2. The number of rotatable bonds is 5. The minimum absolute atomic E-state index is 0.189. The maximum absolute atomic E-state index is 5.92. The van der Waals surface area contributed by atoms with Crippen LogP contribution in [0, 0.1) is 0 Å². The van der Waals surface area contributed by atoms with Crippen molar-refractivity contribution in [3.05, 3.63) is 22.8 Å². The molecule has 0 aliphatic heterocycles. The predicted octanol–water partition coefficient (Wildman–Crippen LogP) is 1.53. The van der Waals surface area contributed by atoms with Gasteiger partial charge in [0.1, 0.15) is 5.82 Å². The first-order chi connectivity index (χ1) is 7.54. The number of hydrogen-bond donors (Lipinski definition) is 2. The number of nitrogens with one attached hydrogen (secondary N) is 1. The lowest BCUT2D eigenvalue weighted by Crippen LogP contribution is -2.24. The molecule has 0 fully saturated rings. The third-order valence-corrected chi connectivity index (χ3v) is 2.71. The van der Waals surface area contributed by atoms with E-state index in [-0.39, 0.29) is 6.04 Å². The van der Waals surface area contributed by atoms with E-state index in [2.05, 4.69) is 15.2 Å². The van der Waals surface area contributed by atoms with Crippen molar-refractivity contribution in [2.24, 2.45) is 0 Å². The van der Waals surface area contributed by atoms with Crippen molar-refractivity contribution < 1.29 is 0 Å². The summed E-state index contributed by atoms with van der Waals surface area (Å²) in [5.74, 6) is 0.544. The number of nitrogen functional groups attached to an aromatic ring is 1. The number of hydrogen-bond acceptors (Lipinski definition) is 4. The third-order valence-electron chi connectivity index (χ3n) is 2.50. The van der Waals surface area contributed by atoms with E-state index in [9.17, 15) is 0 Å². The van der Waals surface area contributed by atoms with E-state index >= 15 is 0 Å². The minimum Gasteiger partial charge on any atom is -0.383 e. The Morgan fingerprint density at radius 1 is 1.56 bits per heavy atom. The third kappa shape index (κ3) is 3.63. The molecule has 4 nitrogen and oxygen atoms in total. The number of nitrogens with two attached hydrogens (primary N) is 1. The van der Waals surface area contributed by atoms with Gasteiger partial charge >= 0.3 is 0 Å². The monoisotopic (exact) mass is 242 g/mol. The zero-order chi connectivity index (χ0) is 12.1. The minimum atomic E-state index is 0.189. The van der Waals surface area contributed by atoms with Gasteiger partial charge in [-0.15, -0.1) is 0 Å². The van der Waals surface area contributed by atoms with Crippen LogP contribution in [-0.4, -0.2) is 37.6 Å². The zero-order valence-corrected chi connectivity index (χ0v) is 10.8. The summed E-state index contributed by atoms with van der Waals surface area (Å²) < 4.78 is 0. The quantitative estimate of drug-likeness (QED) is 0.822. The summed E-state index contributed by atoms with van der Waals surface area (Å²) >= 11 is 5.92. The molecule has 0 saturated carbocycles. The van der Waals surface area contributed by atoms with Crippen LogP contribution in [0.15, 0.2) is 12.3 Å². The van der Waals surface area contributed by atoms with Gasteiger partial charge in [0.2, 0.25) is 0 Å². The van der Waals surface area contributed by atoms with Crippen LogP contribution in [0.3, 0.4) is 0 Å². The molecule has 0 amide bonds. The van der Waals surface area contributed by atoms with Gasteiger partial charge in [-0.1, -0.05) is 11.6 Å². The summed E-state index contributed by atoms with van der Waals surface area (Å²) in [4.78, 5) is 6.20. The van der Waals surface area contributed by atoms with Gasteiger partial charge in [-0.25, -0.2) is 4.98 Å². The van der Waals surface area contributed by atoms with Crippen molar-refractivity contribution in [2.75, 3.05) is 33.4 Å². The van der Waals surface area contributed by atoms with E-state index < -0.39 is 0 Å². The zero-order valence-electron chi connectivity index (χ0n) is 10.00. The molecule has 16 heavy (non-hydrogen) atoms. The van der Waals surface area contributed by atoms with E-state index in [0.717, 1.165) is 18.5 Å². The molecule has 1 unspecified atom stereocenters. The highest BCUT2D eigenvalue weighted by atomic mass is 35.5. The van der Waals surface area contributed by atoms with Gasteiger partial charge in [-0.2, -0.15) is 0 Å². The fourth-order valence-corrected chi connectivity index (χ4v) is 1.75. The lowest BCUT2D eigenvalue weighted by Gasteiger charge is -2.20. The Morgan fingerprint density at radius 2 is 2.25 bits per heavy atom. The first-order valence-electron chi connectivity index (χ1n) is 5.27. The van der Waals surface area contributed by atoms with E-state index in [4.69, 9.17) is 17.3 Å². The fraction of sp³-hybridized carbons (Fsp3) is 0.545. The first kappa shape index (κ1) is 13.2. The Labute approximate surface area is 102 Å². The molecule has 0 spiro atoms. The molecule has 0 radical (unpaired) electrons. The normalized spacial score (nSPS) is 13.1. The highest BCUT2D eigenvalue weighted by Gasteiger charge is 2.13. The van der Waals surface area contributed by atoms with Crippen LogP contribution < -0.4 is 11.1 Å². The molecule has 0 aromatic carbocycles. The topological polar surface area (TPSA) is 54.2 Å². The van der Waals surface area contributed by atoms with Gasteiger partial charge in [0.15, 0.2) is 0 Å². The molecule has 1 rings (SSSR count). The SMILES string of the molecule is CNC(CCN(C)C)c1cc(Cl)cnc1N. The second kappa shape index (κ2) is 6.03. The molecule has 5 heteroatoms. The van der Waals surface area contributed by atoms with E-state index in [0.29, 0.717) is 10.8 Å². The fourth-order valence-electron chi connectivity index (χ4n) is 1.59. The standard InChI is InChI=1S/C11H19ClN4/c1-14-10(4-5-16(2)3)9-6-8(12)7-15-11(9)13/h6-7,10,14H,4-5H2,1-3H3,(H2,13,15). The van der Waals surface area contributed by atoms with Crippen molar-refractivity contribution in [1.29, 1.82) is 0 Å². The van der Waals surface area contributed by atoms with Crippen LogP contribution in [0.5, 0.6) is 0 Å². The Balaban J connectivity index is 2.81. The summed E-state index contributed by atoms with van der Waals surface area (Å²) in [5.41, 5.74) is 6.82. The van der Waals surface area contributed by atoms with Crippen molar-refractivity contribution in [3.63, 3.8) is 0 Å². The van der Waals surface area contributed by atoms with Crippen LogP contribution in [0.1, 0.15) is 18.0 Å². The van der Waals surface area contributed by atoms with Crippen LogP contribution in [0.25, 0.3) is 0 Å². The molecular formula is C11H19ClN4. The summed E-state index contributed by atoms with van der Waals surface area (Å²) in [5, 5.41) is 3.86. The highest BCUT2D eigenvalue weighted by Crippen LogP contribution is 2.24. The molecule has 0 saturated heterocycles. The summed E-state index contributed by atoms with van der Waals surface area (Å²) in [6.07, 6.45) is 2.54. The van der Waals surface area contributed by atoms with Gasteiger partial charge < -0.3 is 16.0 Å². The highest BCUT2D eigenvalue weighted by molar-refractivity contribution is 6.30. The molecule has 3 N–H and O–H groups in total. The second-order valence-electron chi connectivity index (χ2n) is 4.06. The number of halogens is 1. The number of pyridine rings is 1. The Morgan fingerprint density at radius 3 is 2.81 bits per heavy atom. The van der Waals surface area contributed by atoms with Crippen molar-refractivity contribution in [1.82, 2.24) is 15.2 Å². The Bertz CT molecular complexity index is 341. The number of anilines is 1. The van der Waals surface area contributed by atoms with Crippen LogP contribution in [-0.2, 0) is 0 Å². The lowest BCUT2D eigenvalue weighted by atomic mass is 10.0. The molecule has 1 atom stereocenters. The molecule has 1 aromatic rings. The number of aromatic nitrogens is 1. The molecule has 0 aliphatic carbocycles. The summed E-state index contributed by atoms with van der Waals surface area (Å²) in [6.45, 7) is 0.984. The van der Waals surface area contributed by atoms with Gasteiger partial charge in [-0.05, 0) is 40.2 Å². The van der Waals surface area contributed by atoms with E-state index in [1.165, 1.54) is 0 Å². The maximum Gasteiger partial charge on any atom is 0.128 e. The average molecular weight is 243 g/mol. The maximum atomic E-state index is 5.92. The van der Waals surface area contributed by atoms with Gasteiger partial charge in [0, 0.05) is 17.8 Å². The van der Waals surface area contributed by atoms with E-state index in [1.54, 1.807) is 6.20 Å². The summed E-state index contributed by atoms with van der Waals surface area (Å²) in [6, 6.07) is 2.06. The van der Waals surface area contributed by atoms with Crippen LogP contribution in [0.2, 0.25) is 5.02 Å². The molecule has 0 bridgehead atoms. The Kier molecular flexibility index (Phi) is 4.99. The predicted molar refractivity (Wildman–Crippen MR) is 68.6 cm³/mol. The molecule has 1 aromatic heterocycles. The van der Waals surface area contributed by atoms with Crippen LogP contribution >= 0.6 is 11.6 Å². The largest absolute Gasteiger partial charge is 0.383 e. The van der Waals surface area contributed by atoms with Gasteiger partial charge in [0.05, 0.1) is 5.02 Å². The smallest absolute Gasteiger partial charge is 0.128 e. The van der Waals surface area contributed by atoms with E-state index in [1.807, 2.05) is 27.2 Å².